The lowest BCUT2D eigenvalue weighted by Crippen LogP contribution is -2.46. The van der Waals surface area contributed by atoms with Gasteiger partial charge < -0.3 is 15.1 Å². The van der Waals surface area contributed by atoms with E-state index in [-0.39, 0.29) is 24.2 Å². The van der Waals surface area contributed by atoms with Crippen molar-refractivity contribution in [2.45, 2.75) is 24.4 Å². The van der Waals surface area contributed by atoms with Gasteiger partial charge in [-0.2, -0.15) is 0 Å². The first-order valence-corrected chi connectivity index (χ1v) is 16.3. The van der Waals surface area contributed by atoms with Crippen LogP contribution < -0.4 is 10.2 Å². The van der Waals surface area contributed by atoms with Gasteiger partial charge in [0, 0.05) is 55.3 Å². The van der Waals surface area contributed by atoms with E-state index in [0.717, 1.165) is 61.8 Å². The molecule has 6 rings (SSSR count). The first-order chi connectivity index (χ1) is 22.0. The second kappa shape index (κ2) is 14.7. The Hall–Kier alpha value is -4.24. The molecule has 0 aromatic heterocycles. The van der Waals surface area contributed by atoms with Crippen LogP contribution in [0.2, 0.25) is 0 Å². The Morgan fingerprint density at radius 1 is 0.800 bits per heavy atom. The molecule has 0 bridgehead atoms. The SMILES string of the molecule is O=C(NCCCN1CCN(Cc2ccccc2)CC1)c1ccc(C=C2Sc3ccccc3N(Cc3ccccc3F)C2=O)cc1. The molecule has 4 aromatic rings. The molecule has 2 aliphatic rings. The maximum absolute atomic E-state index is 14.5. The van der Waals surface area contributed by atoms with Gasteiger partial charge in [0.05, 0.1) is 17.1 Å². The molecule has 0 atom stereocenters. The molecule has 6 nitrogen and oxygen atoms in total. The van der Waals surface area contributed by atoms with Crippen molar-refractivity contribution in [2.75, 3.05) is 44.2 Å². The van der Waals surface area contributed by atoms with E-state index in [4.69, 9.17) is 0 Å². The molecule has 0 aliphatic carbocycles. The highest BCUT2D eigenvalue weighted by atomic mass is 32.2. The maximum Gasteiger partial charge on any atom is 0.265 e. The zero-order valence-corrected chi connectivity index (χ0v) is 26.0. The molecule has 0 saturated carbocycles. The number of para-hydroxylation sites is 1. The van der Waals surface area contributed by atoms with Gasteiger partial charge in [0.15, 0.2) is 0 Å². The van der Waals surface area contributed by atoms with Gasteiger partial charge in [0.2, 0.25) is 0 Å². The second-order valence-corrected chi connectivity index (χ2v) is 12.5. The third-order valence-electron chi connectivity index (χ3n) is 8.24. The number of nitrogens with zero attached hydrogens (tertiary/aromatic N) is 3. The van der Waals surface area contributed by atoms with Crippen molar-refractivity contribution in [3.05, 3.63) is 136 Å². The third kappa shape index (κ3) is 7.89. The lowest BCUT2D eigenvalue weighted by Gasteiger charge is -2.34. The fourth-order valence-corrected chi connectivity index (χ4v) is 6.78. The van der Waals surface area contributed by atoms with E-state index in [2.05, 4.69) is 45.4 Å². The third-order valence-corrected chi connectivity index (χ3v) is 9.32. The summed E-state index contributed by atoms with van der Waals surface area (Å²) in [5.74, 6) is -0.617. The maximum atomic E-state index is 14.5. The van der Waals surface area contributed by atoms with Crippen LogP contribution in [0, 0.1) is 5.82 Å². The average molecular weight is 621 g/mol. The molecule has 2 aliphatic heterocycles. The van der Waals surface area contributed by atoms with Crippen LogP contribution in [0.4, 0.5) is 10.1 Å². The fraction of sp³-hybridized carbons (Fsp3) is 0.243. The van der Waals surface area contributed by atoms with Crippen molar-refractivity contribution in [2.24, 2.45) is 0 Å². The first-order valence-electron chi connectivity index (χ1n) is 15.4. The highest BCUT2D eigenvalue weighted by Crippen LogP contribution is 2.42. The number of rotatable bonds is 10. The van der Waals surface area contributed by atoms with E-state index in [1.807, 2.05) is 42.5 Å². The summed E-state index contributed by atoms with van der Waals surface area (Å²) in [4.78, 5) is 34.5. The number of benzene rings is 4. The van der Waals surface area contributed by atoms with E-state index in [1.165, 1.54) is 23.4 Å². The molecule has 8 heteroatoms. The van der Waals surface area contributed by atoms with Crippen molar-refractivity contribution in [1.29, 1.82) is 0 Å². The Morgan fingerprint density at radius 3 is 2.27 bits per heavy atom. The molecule has 230 valence electrons. The smallest absolute Gasteiger partial charge is 0.265 e. The molecule has 0 spiro atoms. The zero-order valence-electron chi connectivity index (χ0n) is 25.2. The minimum Gasteiger partial charge on any atom is -0.352 e. The van der Waals surface area contributed by atoms with E-state index in [1.54, 1.807) is 35.2 Å². The van der Waals surface area contributed by atoms with Crippen LogP contribution in [0.1, 0.15) is 33.5 Å². The second-order valence-electron chi connectivity index (χ2n) is 11.4. The summed E-state index contributed by atoms with van der Waals surface area (Å²) in [6.07, 6.45) is 2.73. The number of carbonyl (C=O) groups is 2. The summed E-state index contributed by atoms with van der Waals surface area (Å²) in [7, 11) is 0. The van der Waals surface area contributed by atoms with Gasteiger partial charge >= 0.3 is 0 Å². The van der Waals surface area contributed by atoms with Crippen molar-refractivity contribution in [3.8, 4) is 0 Å². The van der Waals surface area contributed by atoms with Gasteiger partial charge in [-0.15, -0.1) is 0 Å². The van der Waals surface area contributed by atoms with Crippen LogP contribution in [0.25, 0.3) is 6.08 Å². The Labute approximate surface area is 268 Å². The number of carbonyl (C=O) groups excluding carboxylic acids is 2. The van der Waals surface area contributed by atoms with E-state index < -0.39 is 0 Å². The number of anilines is 1. The summed E-state index contributed by atoms with van der Waals surface area (Å²) in [5, 5.41) is 3.05. The van der Waals surface area contributed by atoms with Gasteiger partial charge in [-0.05, 0) is 60.5 Å². The van der Waals surface area contributed by atoms with E-state index in [0.29, 0.717) is 22.6 Å². The summed E-state index contributed by atoms with van der Waals surface area (Å²) in [6, 6.07) is 32.1. The van der Waals surface area contributed by atoms with Gasteiger partial charge in [0.1, 0.15) is 5.82 Å². The van der Waals surface area contributed by atoms with E-state index in [9.17, 15) is 14.0 Å². The van der Waals surface area contributed by atoms with Crippen LogP contribution in [0.15, 0.2) is 113 Å². The number of fused-ring (bicyclic) bond motifs is 1. The predicted molar refractivity (Wildman–Crippen MR) is 179 cm³/mol. The Balaban J connectivity index is 0.998. The van der Waals surface area contributed by atoms with Gasteiger partial charge in [-0.3, -0.25) is 14.5 Å². The van der Waals surface area contributed by atoms with Gasteiger partial charge in [-0.1, -0.05) is 84.6 Å². The normalized spacial score (nSPS) is 16.5. The number of nitrogens with one attached hydrogen (secondary N) is 1. The number of halogens is 1. The predicted octanol–water partition coefficient (Wildman–Crippen LogP) is 6.44. The molecule has 2 heterocycles. The highest BCUT2D eigenvalue weighted by molar-refractivity contribution is 8.04. The van der Waals surface area contributed by atoms with Crippen LogP contribution >= 0.6 is 11.8 Å². The van der Waals surface area contributed by atoms with E-state index >= 15 is 0 Å². The Morgan fingerprint density at radius 2 is 1.49 bits per heavy atom. The molecule has 0 radical (unpaired) electrons. The van der Waals surface area contributed by atoms with Gasteiger partial charge in [-0.25, -0.2) is 4.39 Å². The lowest BCUT2D eigenvalue weighted by atomic mass is 10.1. The van der Waals surface area contributed by atoms with Crippen molar-refractivity contribution in [1.82, 2.24) is 15.1 Å². The first kappa shape index (κ1) is 30.8. The minimum atomic E-state index is -0.335. The summed E-state index contributed by atoms with van der Waals surface area (Å²) in [5.41, 5.74) is 3.99. The molecule has 45 heavy (non-hydrogen) atoms. The standard InChI is InChI=1S/C37H37FN4O2S/c38-32-12-5-4-11-31(32)27-42-33-13-6-7-14-34(33)45-35(37(42)44)25-28-15-17-30(18-16-28)36(43)39-19-8-20-40-21-23-41(24-22-40)26-29-9-2-1-3-10-29/h1-7,9-18,25H,8,19-24,26-27H2,(H,39,43). The molecule has 0 unspecified atom stereocenters. The number of hydrogen-bond acceptors (Lipinski definition) is 5. The number of piperazine rings is 1. The van der Waals surface area contributed by atoms with Crippen molar-refractivity contribution >= 4 is 35.3 Å². The average Bonchev–Trinajstić information content (AvgIpc) is 3.07. The monoisotopic (exact) mass is 620 g/mol. The molecule has 1 saturated heterocycles. The Kier molecular flexibility index (Phi) is 10.0. The topological polar surface area (TPSA) is 55.9 Å². The minimum absolute atomic E-state index is 0.102. The van der Waals surface area contributed by atoms with Crippen LogP contribution in [0.5, 0.6) is 0 Å². The molecular formula is C37H37FN4O2S. The number of amides is 2. The molecule has 2 amide bonds. The highest BCUT2D eigenvalue weighted by Gasteiger charge is 2.29. The van der Waals surface area contributed by atoms with Crippen LogP contribution in [-0.2, 0) is 17.9 Å². The fourth-order valence-electron chi connectivity index (χ4n) is 5.72. The summed E-state index contributed by atoms with van der Waals surface area (Å²) < 4.78 is 14.5. The lowest BCUT2D eigenvalue weighted by molar-refractivity contribution is -0.114. The molecular weight excluding hydrogens is 583 g/mol. The molecule has 4 aromatic carbocycles. The molecule has 1 N–H and O–H groups in total. The summed E-state index contributed by atoms with van der Waals surface area (Å²) >= 11 is 1.40. The Bertz CT molecular complexity index is 1650. The van der Waals surface area contributed by atoms with Crippen molar-refractivity contribution in [3.63, 3.8) is 0 Å². The number of hydrogen-bond donors (Lipinski definition) is 1. The van der Waals surface area contributed by atoms with Crippen molar-refractivity contribution < 1.29 is 14.0 Å². The molecule has 1 fully saturated rings. The van der Waals surface area contributed by atoms with Crippen LogP contribution in [0.3, 0.4) is 0 Å². The van der Waals surface area contributed by atoms with Gasteiger partial charge in [0.25, 0.3) is 11.8 Å². The zero-order chi connectivity index (χ0) is 31.0. The largest absolute Gasteiger partial charge is 0.352 e. The summed E-state index contributed by atoms with van der Waals surface area (Å²) in [6.45, 7) is 6.94. The number of thioether (sulfide) groups is 1. The van der Waals surface area contributed by atoms with Crippen LogP contribution in [-0.4, -0.2) is 60.9 Å². The quantitative estimate of drug-likeness (QED) is 0.163.